The van der Waals surface area contributed by atoms with E-state index in [-0.39, 0.29) is 0 Å². The number of nitrogens with zero attached hydrogens (tertiary/aromatic N) is 2. The molecule has 1 N–H and O–H groups in total. The van der Waals surface area contributed by atoms with E-state index in [4.69, 9.17) is 4.74 Å². The molecule has 0 atom stereocenters. The number of carbonyl (C=O) groups is 1. The summed E-state index contributed by atoms with van der Waals surface area (Å²) in [5, 5.41) is 3.29. The van der Waals surface area contributed by atoms with E-state index in [1.54, 1.807) is 6.07 Å². The van der Waals surface area contributed by atoms with Crippen LogP contribution in [0.2, 0.25) is 0 Å². The minimum absolute atomic E-state index is 0.360. The Morgan fingerprint density at radius 1 is 1.61 bits per heavy atom. The summed E-state index contributed by atoms with van der Waals surface area (Å²) in [5.41, 5.74) is 2.51. The van der Waals surface area contributed by atoms with Crippen LogP contribution in [0.25, 0.3) is 0 Å². The third-order valence-corrected chi connectivity index (χ3v) is 3.17. The molecular weight excluding hydrogens is 230 g/mol. The number of rotatable bonds is 2. The third kappa shape index (κ3) is 2.25. The number of aryl methyl sites for hydroxylation is 1. The highest BCUT2D eigenvalue weighted by Crippen LogP contribution is 2.30. The molecule has 18 heavy (non-hydrogen) atoms. The fourth-order valence-electron chi connectivity index (χ4n) is 2.30. The van der Waals surface area contributed by atoms with Gasteiger partial charge in [-0.15, -0.1) is 0 Å². The van der Waals surface area contributed by atoms with Crippen LogP contribution in [0, 0.1) is 6.92 Å². The van der Waals surface area contributed by atoms with Gasteiger partial charge in [0, 0.05) is 19.6 Å². The number of ether oxygens (including phenoxy) is 1. The van der Waals surface area contributed by atoms with E-state index in [9.17, 15) is 4.79 Å². The summed E-state index contributed by atoms with van der Waals surface area (Å²) in [6.07, 6.45) is 1.07. The second-order valence-corrected chi connectivity index (χ2v) is 4.37. The molecule has 0 spiro atoms. The molecule has 0 radical (unpaired) electrons. The maximum absolute atomic E-state index is 11.6. The van der Waals surface area contributed by atoms with Gasteiger partial charge in [0.2, 0.25) is 0 Å². The summed E-state index contributed by atoms with van der Waals surface area (Å²) in [7, 11) is 1.37. The molecule has 0 fully saturated rings. The van der Waals surface area contributed by atoms with Crippen LogP contribution in [-0.2, 0) is 4.74 Å². The van der Waals surface area contributed by atoms with E-state index >= 15 is 0 Å². The predicted octanol–water partition coefficient (Wildman–Crippen LogP) is 1.82. The van der Waals surface area contributed by atoms with Crippen molar-refractivity contribution < 1.29 is 9.53 Å². The molecule has 5 nitrogen and oxygen atoms in total. The molecule has 5 heteroatoms. The van der Waals surface area contributed by atoms with Crippen LogP contribution in [0.1, 0.15) is 29.4 Å². The van der Waals surface area contributed by atoms with Crippen molar-refractivity contribution in [2.45, 2.75) is 20.3 Å². The summed E-state index contributed by atoms with van der Waals surface area (Å²) in [4.78, 5) is 18.2. The van der Waals surface area contributed by atoms with Gasteiger partial charge in [0.25, 0.3) is 0 Å². The Balaban J connectivity index is 2.49. The van der Waals surface area contributed by atoms with Gasteiger partial charge in [-0.1, -0.05) is 0 Å². The smallest absolute Gasteiger partial charge is 0.356 e. The van der Waals surface area contributed by atoms with Gasteiger partial charge in [0.1, 0.15) is 0 Å². The average Bonchev–Trinajstić information content (AvgIpc) is 2.59. The van der Waals surface area contributed by atoms with Crippen molar-refractivity contribution in [2.75, 3.05) is 37.0 Å². The lowest BCUT2D eigenvalue weighted by Crippen LogP contribution is -2.24. The molecule has 0 amide bonds. The quantitative estimate of drug-likeness (QED) is 0.810. The van der Waals surface area contributed by atoms with Crippen molar-refractivity contribution in [3.05, 3.63) is 17.3 Å². The molecule has 98 valence electrons. The number of aromatic nitrogens is 1. The Labute approximate surface area is 107 Å². The van der Waals surface area contributed by atoms with Crippen molar-refractivity contribution in [2.24, 2.45) is 0 Å². The van der Waals surface area contributed by atoms with Gasteiger partial charge >= 0.3 is 5.97 Å². The van der Waals surface area contributed by atoms with E-state index in [0.717, 1.165) is 43.1 Å². The van der Waals surface area contributed by atoms with Gasteiger partial charge in [0.05, 0.1) is 12.8 Å². The third-order valence-electron chi connectivity index (χ3n) is 3.17. The first-order valence-electron chi connectivity index (χ1n) is 6.26. The van der Waals surface area contributed by atoms with Gasteiger partial charge in [-0.2, -0.15) is 0 Å². The van der Waals surface area contributed by atoms with E-state index in [1.807, 2.05) is 6.92 Å². The molecule has 0 aliphatic carbocycles. The number of fused-ring (bicyclic) bond motifs is 1. The Morgan fingerprint density at radius 3 is 3.06 bits per heavy atom. The number of esters is 1. The molecule has 1 aromatic rings. The molecule has 0 unspecified atom stereocenters. The van der Waals surface area contributed by atoms with Crippen molar-refractivity contribution in [3.63, 3.8) is 0 Å². The first-order chi connectivity index (χ1) is 8.67. The fraction of sp³-hybridized carbons (Fsp3) is 0.538. The topological polar surface area (TPSA) is 54.5 Å². The summed E-state index contributed by atoms with van der Waals surface area (Å²) in [6, 6.07) is 1.79. The van der Waals surface area contributed by atoms with Gasteiger partial charge in [-0.25, -0.2) is 9.78 Å². The van der Waals surface area contributed by atoms with Crippen molar-refractivity contribution in [1.29, 1.82) is 0 Å². The predicted molar refractivity (Wildman–Crippen MR) is 71.3 cm³/mol. The monoisotopic (exact) mass is 249 g/mol. The minimum atomic E-state index is -0.394. The summed E-state index contributed by atoms with van der Waals surface area (Å²) < 4.78 is 4.72. The second kappa shape index (κ2) is 5.25. The lowest BCUT2D eigenvalue weighted by atomic mass is 10.1. The number of methoxy groups -OCH3 is 1. The van der Waals surface area contributed by atoms with Gasteiger partial charge in [-0.3, -0.25) is 0 Å². The highest BCUT2D eigenvalue weighted by Gasteiger charge is 2.20. The molecule has 1 aliphatic rings. The molecule has 0 saturated carbocycles. The van der Waals surface area contributed by atoms with Crippen LogP contribution in [0.4, 0.5) is 11.5 Å². The molecular formula is C13H19N3O2. The maximum atomic E-state index is 11.6. The Morgan fingerprint density at radius 2 is 2.39 bits per heavy atom. The zero-order chi connectivity index (χ0) is 13.1. The molecule has 1 aliphatic heterocycles. The summed E-state index contributed by atoms with van der Waals surface area (Å²) in [5.74, 6) is 0.393. The molecule has 0 aromatic carbocycles. The minimum Gasteiger partial charge on any atom is -0.464 e. The lowest BCUT2D eigenvalue weighted by Gasteiger charge is -2.24. The maximum Gasteiger partial charge on any atom is 0.356 e. The first kappa shape index (κ1) is 12.7. The number of anilines is 2. The number of pyridine rings is 1. The normalized spacial score (nSPS) is 14.5. The second-order valence-electron chi connectivity index (χ2n) is 4.37. The van der Waals surface area contributed by atoms with Crippen LogP contribution < -0.4 is 10.2 Å². The largest absolute Gasteiger partial charge is 0.464 e. The zero-order valence-electron chi connectivity index (χ0n) is 11.1. The Kier molecular flexibility index (Phi) is 3.69. The van der Waals surface area contributed by atoms with Crippen molar-refractivity contribution in [1.82, 2.24) is 4.98 Å². The zero-order valence-corrected chi connectivity index (χ0v) is 11.1. The number of hydrogen-bond acceptors (Lipinski definition) is 5. The van der Waals surface area contributed by atoms with E-state index in [2.05, 4.69) is 22.1 Å². The van der Waals surface area contributed by atoms with Gasteiger partial charge in [0.15, 0.2) is 11.5 Å². The average molecular weight is 249 g/mol. The standard InChI is InChI=1S/C13H19N3O2/c1-4-16-7-5-6-14-12-11(16)9(2)8-10(15-12)13(17)18-3/h8H,4-7H2,1-3H3,(H,14,15). The molecule has 0 saturated heterocycles. The Bertz CT molecular complexity index is 460. The van der Waals surface area contributed by atoms with E-state index in [1.165, 1.54) is 7.11 Å². The van der Waals surface area contributed by atoms with Crippen molar-refractivity contribution in [3.8, 4) is 0 Å². The molecule has 0 bridgehead atoms. The van der Waals surface area contributed by atoms with Crippen LogP contribution in [-0.4, -0.2) is 37.7 Å². The molecule has 2 heterocycles. The Hall–Kier alpha value is -1.78. The summed E-state index contributed by atoms with van der Waals surface area (Å²) >= 11 is 0. The highest BCUT2D eigenvalue weighted by molar-refractivity contribution is 5.89. The molecule has 2 rings (SSSR count). The van der Waals surface area contributed by atoms with Crippen LogP contribution in [0.3, 0.4) is 0 Å². The van der Waals surface area contributed by atoms with E-state index < -0.39 is 5.97 Å². The van der Waals surface area contributed by atoms with Crippen LogP contribution in [0.5, 0.6) is 0 Å². The van der Waals surface area contributed by atoms with Gasteiger partial charge in [-0.05, 0) is 31.9 Å². The van der Waals surface area contributed by atoms with Crippen LogP contribution >= 0.6 is 0 Å². The summed E-state index contributed by atoms with van der Waals surface area (Å²) in [6.45, 7) is 6.96. The lowest BCUT2D eigenvalue weighted by molar-refractivity contribution is 0.0594. The fourth-order valence-corrected chi connectivity index (χ4v) is 2.30. The highest BCUT2D eigenvalue weighted by atomic mass is 16.5. The van der Waals surface area contributed by atoms with Crippen molar-refractivity contribution >= 4 is 17.5 Å². The van der Waals surface area contributed by atoms with Gasteiger partial charge < -0.3 is 15.0 Å². The first-order valence-corrected chi connectivity index (χ1v) is 6.26. The number of carbonyl (C=O) groups excluding carboxylic acids is 1. The number of hydrogen-bond donors (Lipinski definition) is 1. The SMILES string of the molecule is CCN1CCCNc2nc(C(=O)OC)cc(C)c21. The molecule has 1 aromatic heterocycles. The van der Waals surface area contributed by atoms with Crippen LogP contribution in [0.15, 0.2) is 6.07 Å². The number of nitrogens with one attached hydrogen (secondary N) is 1. The van der Waals surface area contributed by atoms with E-state index in [0.29, 0.717) is 5.69 Å².